The van der Waals surface area contributed by atoms with Gasteiger partial charge in [0.1, 0.15) is 4.88 Å². The molecule has 1 unspecified atom stereocenters. The Hall–Kier alpha value is -1.47. The number of carboxylic acid groups (broad SMARTS) is 1. The quantitative estimate of drug-likeness (QED) is 0.746. The number of aromatic carboxylic acids is 1. The van der Waals surface area contributed by atoms with Gasteiger partial charge in [0.2, 0.25) is 0 Å². The molecular weight excluding hydrogens is 268 g/mol. The van der Waals surface area contributed by atoms with Crippen molar-refractivity contribution in [3.8, 4) is 0 Å². The minimum absolute atomic E-state index is 0.0117. The van der Waals surface area contributed by atoms with E-state index in [1.807, 2.05) is 13.8 Å². The van der Waals surface area contributed by atoms with Gasteiger partial charge in [-0.2, -0.15) is 0 Å². The minimum Gasteiger partial charge on any atom is -0.476 e. The zero-order chi connectivity index (χ0) is 14.6. The summed E-state index contributed by atoms with van der Waals surface area (Å²) in [5.74, 6) is -1.20. The van der Waals surface area contributed by atoms with E-state index in [9.17, 15) is 9.59 Å². The predicted octanol–water partition coefficient (Wildman–Crippen LogP) is 2.13. The molecule has 0 saturated heterocycles. The van der Waals surface area contributed by atoms with Crippen molar-refractivity contribution in [3.05, 3.63) is 10.6 Å². The molecule has 0 saturated carbocycles. The lowest BCUT2D eigenvalue weighted by atomic mass is 10.1. The number of nitrogens with one attached hydrogen (secondary N) is 1. The number of nitrogens with zero attached hydrogens (tertiary/aromatic N) is 1. The van der Waals surface area contributed by atoms with Crippen molar-refractivity contribution in [3.63, 3.8) is 0 Å². The number of carbonyl (C=O) groups is 2. The van der Waals surface area contributed by atoms with E-state index in [1.54, 1.807) is 7.11 Å². The molecule has 0 aliphatic carbocycles. The summed E-state index contributed by atoms with van der Waals surface area (Å²) in [7, 11) is 1.60. The lowest BCUT2D eigenvalue weighted by Crippen LogP contribution is -2.30. The number of rotatable bonds is 7. The highest BCUT2D eigenvalue weighted by molar-refractivity contribution is 7.17. The highest BCUT2D eigenvalue weighted by atomic mass is 32.1. The molecule has 6 nitrogen and oxygen atoms in total. The first-order chi connectivity index (χ1) is 8.86. The van der Waals surface area contributed by atoms with Gasteiger partial charge in [-0.1, -0.05) is 25.2 Å². The fourth-order valence-corrected chi connectivity index (χ4v) is 2.42. The number of aromatic nitrogens is 1. The number of hydrogen-bond donors (Lipinski definition) is 2. The number of hydrogen-bond acceptors (Lipinski definition) is 6. The molecule has 0 spiro atoms. The average Bonchev–Trinajstić information content (AvgIpc) is 2.72. The number of carboxylic acids is 1. The summed E-state index contributed by atoms with van der Waals surface area (Å²) in [6.45, 7) is 5.86. The fourth-order valence-electron chi connectivity index (χ4n) is 1.50. The van der Waals surface area contributed by atoms with Crippen molar-refractivity contribution < 1.29 is 19.4 Å². The Morgan fingerprint density at radius 1 is 1.47 bits per heavy atom. The molecule has 1 rings (SSSR count). The molecule has 7 heteroatoms. The molecule has 0 aliphatic heterocycles. The summed E-state index contributed by atoms with van der Waals surface area (Å²) in [5, 5.41) is 12.6. The Kier molecular flexibility index (Phi) is 5.44. The van der Waals surface area contributed by atoms with Crippen LogP contribution in [0.5, 0.6) is 0 Å². The Morgan fingerprint density at radius 2 is 2.11 bits per heavy atom. The van der Waals surface area contributed by atoms with Gasteiger partial charge in [-0.05, 0) is 5.92 Å². The number of ether oxygens (including phenoxy) is 1. The van der Waals surface area contributed by atoms with E-state index >= 15 is 0 Å². The summed E-state index contributed by atoms with van der Waals surface area (Å²) in [5.41, 5.74) is -0.195. The van der Waals surface area contributed by atoms with E-state index in [4.69, 9.17) is 9.84 Å². The third-order valence-electron chi connectivity index (χ3n) is 2.61. The Labute approximate surface area is 115 Å². The van der Waals surface area contributed by atoms with Gasteiger partial charge in [0.25, 0.3) is 0 Å². The Bertz CT molecular complexity index is 439. The van der Waals surface area contributed by atoms with Crippen LogP contribution in [0.2, 0.25) is 0 Å². The molecule has 0 aliphatic rings. The van der Waals surface area contributed by atoms with Gasteiger partial charge in [-0.3, -0.25) is 4.79 Å². The highest BCUT2D eigenvalue weighted by Gasteiger charge is 2.22. The summed E-state index contributed by atoms with van der Waals surface area (Å²) in [4.78, 5) is 26.5. The lowest BCUT2D eigenvalue weighted by molar-refractivity contribution is 0.0687. The van der Waals surface area contributed by atoms with Crippen LogP contribution in [0, 0.1) is 5.92 Å². The van der Waals surface area contributed by atoms with Crippen molar-refractivity contribution in [2.45, 2.75) is 26.8 Å². The summed E-state index contributed by atoms with van der Waals surface area (Å²) < 4.78 is 5.10. The zero-order valence-electron chi connectivity index (χ0n) is 11.4. The van der Waals surface area contributed by atoms with Gasteiger partial charge >= 0.3 is 5.97 Å². The van der Waals surface area contributed by atoms with Gasteiger partial charge in [0.15, 0.2) is 16.6 Å². The van der Waals surface area contributed by atoms with E-state index in [0.29, 0.717) is 11.7 Å². The molecule has 19 heavy (non-hydrogen) atoms. The number of carbonyl (C=O) groups excluding carboxylic acids is 1. The number of ketones is 1. The van der Waals surface area contributed by atoms with Gasteiger partial charge in [-0.25, -0.2) is 9.78 Å². The van der Waals surface area contributed by atoms with Crippen molar-refractivity contribution >= 4 is 28.2 Å². The van der Waals surface area contributed by atoms with Crippen LogP contribution in [-0.4, -0.2) is 41.6 Å². The Morgan fingerprint density at radius 3 is 2.47 bits per heavy atom. The predicted molar refractivity (Wildman–Crippen MR) is 73.2 cm³/mol. The van der Waals surface area contributed by atoms with Crippen LogP contribution in [-0.2, 0) is 4.74 Å². The molecule has 1 aromatic rings. The summed E-state index contributed by atoms with van der Waals surface area (Å²) >= 11 is 1.06. The van der Waals surface area contributed by atoms with E-state index in [0.717, 1.165) is 11.3 Å². The molecule has 2 N–H and O–H groups in total. The summed E-state index contributed by atoms with van der Waals surface area (Å²) in [6, 6.07) is 0.0117. The zero-order valence-corrected chi connectivity index (χ0v) is 12.2. The Balaban J connectivity index is 2.98. The van der Waals surface area contributed by atoms with Crippen LogP contribution >= 0.6 is 11.3 Å². The van der Waals surface area contributed by atoms with E-state index < -0.39 is 5.97 Å². The third kappa shape index (κ3) is 4.00. The maximum absolute atomic E-state index is 11.4. The number of thiazole rings is 1. The van der Waals surface area contributed by atoms with Crippen LogP contribution in [0.3, 0.4) is 0 Å². The van der Waals surface area contributed by atoms with E-state index in [-0.39, 0.29) is 28.3 Å². The van der Waals surface area contributed by atoms with Crippen LogP contribution in [0.25, 0.3) is 0 Å². The normalized spacial score (nSPS) is 12.5. The van der Waals surface area contributed by atoms with Gasteiger partial charge in [0, 0.05) is 14.0 Å². The number of Topliss-reactive ketones (excluding diaryl/α,β-unsaturated/α-hetero) is 1. The van der Waals surface area contributed by atoms with Crippen LogP contribution < -0.4 is 5.32 Å². The second-order valence-electron chi connectivity index (χ2n) is 4.51. The van der Waals surface area contributed by atoms with Crippen molar-refractivity contribution in [1.29, 1.82) is 0 Å². The molecule has 0 aromatic carbocycles. The van der Waals surface area contributed by atoms with Gasteiger partial charge in [0.05, 0.1) is 12.6 Å². The smallest absolute Gasteiger partial charge is 0.356 e. The molecular formula is C12H18N2O4S. The second-order valence-corrected chi connectivity index (χ2v) is 5.51. The topological polar surface area (TPSA) is 88.5 Å². The van der Waals surface area contributed by atoms with Gasteiger partial charge < -0.3 is 15.2 Å². The van der Waals surface area contributed by atoms with Crippen LogP contribution in [0.1, 0.15) is 40.9 Å². The average molecular weight is 286 g/mol. The molecule has 1 heterocycles. The standard InChI is InChI=1S/C12H18N2O4S/c1-6(2)8(5-18-4)13-12-14-9(11(16)17)10(19-12)7(3)15/h6,8H,5H2,1-4H3,(H,13,14)(H,16,17). The van der Waals surface area contributed by atoms with E-state index in [2.05, 4.69) is 10.3 Å². The first-order valence-electron chi connectivity index (χ1n) is 5.87. The minimum atomic E-state index is -1.19. The van der Waals surface area contributed by atoms with Crippen molar-refractivity contribution in [1.82, 2.24) is 4.98 Å². The lowest BCUT2D eigenvalue weighted by Gasteiger charge is -2.20. The van der Waals surface area contributed by atoms with Crippen LogP contribution in [0.4, 0.5) is 5.13 Å². The third-order valence-corrected chi connectivity index (χ3v) is 3.70. The molecule has 0 bridgehead atoms. The molecule has 1 aromatic heterocycles. The second kappa shape index (κ2) is 6.63. The molecule has 0 amide bonds. The largest absolute Gasteiger partial charge is 0.476 e. The monoisotopic (exact) mass is 286 g/mol. The van der Waals surface area contributed by atoms with Crippen molar-refractivity contribution in [2.24, 2.45) is 5.92 Å². The fraction of sp³-hybridized carbons (Fsp3) is 0.583. The van der Waals surface area contributed by atoms with Gasteiger partial charge in [-0.15, -0.1) is 0 Å². The SMILES string of the molecule is COCC(Nc1nc(C(=O)O)c(C(C)=O)s1)C(C)C. The number of methoxy groups -OCH3 is 1. The first-order valence-corrected chi connectivity index (χ1v) is 6.69. The highest BCUT2D eigenvalue weighted by Crippen LogP contribution is 2.25. The maximum Gasteiger partial charge on any atom is 0.356 e. The first kappa shape index (κ1) is 15.6. The van der Waals surface area contributed by atoms with E-state index in [1.165, 1.54) is 6.92 Å². The summed E-state index contributed by atoms with van der Waals surface area (Å²) in [6.07, 6.45) is 0. The van der Waals surface area contributed by atoms with Crippen LogP contribution in [0.15, 0.2) is 0 Å². The van der Waals surface area contributed by atoms with Crippen molar-refractivity contribution in [2.75, 3.05) is 19.0 Å². The number of anilines is 1. The molecule has 0 radical (unpaired) electrons. The molecule has 0 fully saturated rings. The molecule has 1 atom stereocenters. The maximum atomic E-state index is 11.4. The molecule has 106 valence electrons.